The summed E-state index contributed by atoms with van der Waals surface area (Å²) in [5, 5.41) is 12.0. The predicted octanol–water partition coefficient (Wildman–Crippen LogP) is 3.04. The van der Waals surface area contributed by atoms with Crippen molar-refractivity contribution in [1.82, 2.24) is 25.0 Å². The van der Waals surface area contributed by atoms with E-state index in [0.29, 0.717) is 5.92 Å². The third-order valence-corrected chi connectivity index (χ3v) is 3.93. The maximum absolute atomic E-state index is 4.70. The van der Waals surface area contributed by atoms with Crippen LogP contribution >= 0.6 is 0 Å². The van der Waals surface area contributed by atoms with Crippen LogP contribution in [0, 0.1) is 6.92 Å². The molecule has 2 heterocycles. The molecule has 0 amide bonds. The molecule has 0 radical (unpaired) electrons. The molecule has 5 heteroatoms. The van der Waals surface area contributed by atoms with Crippen molar-refractivity contribution >= 4 is 0 Å². The van der Waals surface area contributed by atoms with Gasteiger partial charge in [0.15, 0.2) is 5.82 Å². The van der Waals surface area contributed by atoms with Crippen LogP contribution in [0.15, 0.2) is 6.07 Å². The Labute approximate surface area is 113 Å². The lowest BCUT2D eigenvalue weighted by Gasteiger charge is -2.18. The van der Waals surface area contributed by atoms with E-state index in [1.807, 2.05) is 11.6 Å². The summed E-state index contributed by atoms with van der Waals surface area (Å²) in [5.74, 6) is 2.40. The number of hydrogen-bond acceptors (Lipinski definition) is 3. The first-order valence-corrected chi connectivity index (χ1v) is 7.25. The maximum atomic E-state index is 4.70. The fourth-order valence-corrected chi connectivity index (χ4v) is 2.91. The zero-order valence-electron chi connectivity index (χ0n) is 11.7. The number of nitrogens with one attached hydrogen (secondary N) is 1. The number of rotatable bonds is 3. The second-order valence-electron chi connectivity index (χ2n) is 5.37. The Morgan fingerprint density at radius 2 is 2.11 bits per heavy atom. The van der Waals surface area contributed by atoms with Crippen LogP contribution in [0.4, 0.5) is 0 Å². The van der Waals surface area contributed by atoms with Crippen molar-refractivity contribution in [3.8, 4) is 11.5 Å². The highest BCUT2D eigenvalue weighted by Crippen LogP contribution is 2.31. The molecular formula is C14H21N5. The van der Waals surface area contributed by atoms with E-state index in [-0.39, 0.29) is 0 Å². The number of aromatic nitrogens is 5. The van der Waals surface area contributed by atoms with Gasteiger partial charge in [-0.2, -0.15) is 10.2 Å². The lowest BCUT2D eigenvalue weighted by Crippen LogP contribution is -2.06. The van der Waals surface area contributed by atoms with E-state index in [4.69, 9.17) is 4.98 Å². The molecule has 0 atom stereocenters. The summed E-state index contributed by atoms with van der Waals surface area (Å²) in [7, 11) is 0. The molecule has 0 saturated heterocycles. The first-order chi connectivity index (χ1) is 9.28. The first-order valence-electron chi connectivity index (χ1n) is 7.25. The van der Waals surface area contributed by atoms with Crippen LogP contribution in [-0.4, -0.2) is 25.0 Å². The average molecular weight is 259 g/mol. The summed E-state index contributed by atoms with van der Waals surface area (Å²) >= 11 is 0. The van der Waals surface area contributed by atoms with E-state index < -0.39 is 0 Å². The van der Waals surface area contributed by atoms with Crippen molar-refractivity contribution in [1.29, 1.82) is 0 Å². The van der Waals surface area contributed by atoms with Crippen molar-refractivity contribution in [3.63, 3.8) is 0 Å². The zero-order valence-corrected chi connectivity index (χ0v) is 11.7. The third-order valence-electron chi connectivity index (χ3n) is 3.93. The molecule has 2 aromatic rings. The Bertz CT molecular complexity index is 548. The molecule has 0 spiro atoms. The Morgan fingerprint density at radius 1 is 1.32 bits per heavy atom. The van der Waals surface area contributed by atoms with Gasteiger partial charge in [0.25, 0.3) is 0 Å². The molecular weight excluding hydrogens is 238 g/mol. The van der Waals surface area contributed by atoms with Crippen LogP contribution in [0.3, 0.4) is 0 Å². The van der Waals surface area contributed by atoms with Gasteiger partial charge in [0, 0.05) is 12.5 Å². The summed E-state index contributed by atoms with van der Waals surface area (Å²) in [6.07, 6.45) is 6.46. The number of aryl methyl sites for hydroxylation is 2. The molecule has 1 aliphatic carbocycles. The van der Waals surface area contributed by atoms with Crippen LogP contribution < -0.4 is 0 Å². The molecule has 3 rings (SSSR count). The number of hydrogen-bond donors (Lipinski definition) is 1. The summed E-state index contributed by atoms with van der Waals surface area (Å²) in [4.78, 5) is 4.70. The first kappa shape index (κ1) is 12.4. The quantitative estimate of drug-likeness (QED) is 0.921. The van der Waals surface area contributed by atoms with Crippen molar-refractivity contribution in [2.75, 3.05) is 0 Å². The summed E-state index contributed by atoms with van der Waals surface area (Å²) in [6.45, 7) is 4.94. The minimum Gasteiger partial charge on any atom is -0.262 e. The molecule has 0 aliphatic heterocycles. The Kier molecular flexibility index (Phi) is 3.36. The smallest absolute Gasteiger partial charge is 0.199 e. The highest BCUT2D eigenvalue weighted by Gasteiger charge is 2.20. The summed E-state index contributed by atoms with van der Waals surface area (Å²) < 4.78 is 1.96. The number of nitrogens with zero attached hydrogens (tertiary/aromatic N) is 4. The van der Waals surface area contributed by atoms with E-state index >= 15 is 0 Å². The fourth-order valence-electron chi connectivity index (χ4n) is 2.91. The van der Waals surface area contributed by atoms with Gasteiger partial charge in [-0.3, -0.25) is 9.78 Å². The van der Waals surface area contributed by atoms with Crippen molar-refractivity contribution in [2.24, 2.45) is 0 Å². The Morgan fingerprint density at radius 3 is 2.84 bits per heavy atom. The SMILES string of the molecule is CCn1nc(C)cc1-c1n[nH]c(C2CCCCC2)n1. The van der Waals surface area contributed by atoms with Gasteiger partial charge in [0.1, 0.15) is 11.5 Å². The topological polar surface area (TPSA) is 59.4 Å². The van der Waals surface area contributed by atoms with Gasteiger partial charge in [0.2, 0.25) is 0 Å². The Hall–Kier alpha value is -1.65. The lowest BCUT2D eigenvalue weighted by atomic mass is 9.89. The van der Waals surface area contributed by atoms with E-state index in [1.54, 1.807) is 0 Å². The highest BCUT2D eigenvalue weighted by atomic mass is 15.3. The van der Waals surface area contributed by atoms with Crippen LogP contribution in [0.25, 0.3) is 11.5 Å². The van der Waals surface area contributed by atoms with Crippen LogP contribution in [0.2, 0.25) is 0 Å². The van der Waals surface area contributed by atoms with Crippen LogP contribution in [-0.2, 0) is 6.54 Å². The average Bonchev–Trinajstić information content (AvgIpc) is 3.05. The van der Waals surface area contributed by atoms with Crippen molar-refractivity contribution in [3.05, 3.63) is 17.6 Å². The normalized spacial score (nSPS) is 16.9. The second kappa shape index (κ2) is 5.15. The molecule has 19 heavy (non-hydrogen) atoms. The fraction of sp³-hybridized carbons (Fsp3) is 0.643. The van der Waals surface area contributed by atoms with Gasteiger partial charge in [-0.25, -0.2) is 4.98 Å². The molecule has 2 aromatic heterocycles. The second-order valence-corrected chi connectivity index (χ2v) is 5.37. The highest BCUT2D eigenvalue weighted by molar-refractivity contribution is 5.49. The van der Waals surface area contributed by atoms with Gasteiger partial charge in [-0.1, -0.05) is 19.3 Å². The minimum atomic E-state index is 0.564. The molecule has 5 nitrogen and oxygen atoms in total. The van der Waals surface area contributed by atoms with Gasteiger partial charge >= 0.3 is 0 Å². The van der Waals surface area contributed by atoms with E-state index in [0.717, 1.165) is 29.6 Å². The standard InChI is InChI=1S/C14H21N5/c1-3-19-12(9-10(2)18-19)14-15-13(16-17-14)11-7-5-4-6-8-11/h9,11H,3-8H2,1-2H3,(H,15,16,17). The third kappa shape index (κ3) is 2.41. The zero-order chi connectivity index (χ0) is 13.2. The molecule has 1 saturated carbocycles. The van der Waals surface area contributed by atoms with E-state index in [2.05, 4.69) is 28.3 Å². The van der Waals surface area contributed by atoms with Crippen LogP contribution in [0.1, 0.15) is 56.5 Å². The lowest BCUT2D eigenvalue weighted by molar-refractivity contribution is 0.429. The van der Waals surface area contributed by atoms with Gasteiger partial charge < -0.3 is 0 Å². The maximum Gasteiger partial charge on any atom is 0.199 e. The summed E-state index contributed by atoms with van der Waals surface area (Å²) in [5.41, 5.74) is 2.03. The monoisotopic (exact) mass is 259 g/mol. The number of aromatic amines is 1. The molecule has 102 valence electrons. The van der Waals surface area contributed by atoms with Gasteiger partial charge in [0.05, 0.1) is 5.69 Å². The number of H-pyrrole nitrogens is 1. The molecule has 1 aliphatic rings. The predicted molar refractivity (Wildman–Crippen MR) is 73.8 cm³/mol. The van der Waals surface area contributed by atoms with Gasteiger partial charge in [-0.05, 0) is 32.8 Å². The summed E-state index contributed by atoms with van der Waals surface area (Å²) in [6, 6.07) is 2.05. The van der Waals surface area contributed by atoms with Gasteiger partial charge in [-0.15, -0.1) is 0 Å². The molecule has 1 fully saturated rings. The largest absolute Gasteiger partial charge is 0.262 e. The van der Waals surface area contributed by atoms with Crippen molar-refractivity contribution in [2.45, 2.75) is 58.4 Å². The van der Waals surface area contributed by atoms with Crippen molar-refractivity contribution < 1.29 is 0 Å². The Balaban J connectivity index is 1.87. The van der Waals surface area contributed by atoms with Crippen LogP contribution in [0.5, 0.6) is 0 Å². The molecule has 0 aromatic carbocycles. The van der Waals surface area contributed by atoms with E-state index in [9.17, 15) is 0 Å². The minimum absolute atomic E-state index is 0.564. The molecule has 0 bridgehead atoms. The molecule has 1 N–H and O–H groups in total. The van der Waals surface area contributed by atoms with E-state index in [1.165, 1.54) is 32.1 Å². The molecule has 0 unspecified atom stereocenters.